The van der Waals surface area contributed by atoms with E-state index < -0.39 is 0 Å². The molecule has 0 aromatic heterocycles. The highest BCUT2D eigenvalue weighted by molar-refractivity contribution is 5.47. The van der Waals surface area contributed by atoms with Crippen LogP contribution in [0.3, 0.4) is 0 Å². The van der Waals surface area contributed by atoms with Crippen molar-refractivity contribution in [2.45, 2.75) is 64.5 Å². The number of hydrogen-bond acceptors (Lipinski definition) is 2. The summed E-state index contributed by atoms with van der Waals surface area (Å²) in [7, 11) is 0. The van der Waals surface area contributed by atoms with E-state index in [-0.39, 0.29) is 0 Å². The summed E-state index contributed by atoms with van der Waals surface area (Å²) in [6.45, 7) is 4.81. The molecule has 1 aromatic carbocycles. The van der Waals surface area contributed by atoms with Crippen LogP contribution in [-0.2, 0) is 6.42 Å². The van der Waals surface area contributed by atoms with Crippen molar-refractivity contribution in [2.75, 3.05) is 5.73 Å². The van der Waals surface area contributed by atoms with Crippen LogP contribution in [0.25, 0.3) is 0 Å². The quantitative estimate of drug-likeness (QED) is 0.792. The van der Waals surface area contributed by atoms with Gasteiger partial charge in [0.25, 0.3) is 0 Å². The van der Waals surface area contributed by atoms with Crippen molar-refractivity contribution < 1.29 is 0 Å². The molecule has 3 rings (SSSR count). The van der Waals surface area contributed by atoms with Gasteiger partial charge in [0.15, 0.2) is 0 Å². The van der Waals surface area contributed by atoms with Crippen molar-refractivity contribution in [1.29, 1.82) is 0 Å². The largest absolute Gasteiger partial charge is 0.399 e. The molecule has 2 unspecified atom stereocenters. The van der Waals surface area contributed by atoms with Gasteiger partial charge < -0.3 is 11.1 Å². The SMILES string of the molecule is CC1(C)CCCC(NC2CCc3cc(N)ccc32)C1. The molecular weight excluding hydrogens is 232 g/mol. The Labute approximate surface area is 116 Å². The Morgan fingerprint density at radius 2 is 2.11 bits per heavy atom. The fourth-order valence-corrected chi connectivity index (χ4v) is 3.94. The van der Waals surface area contributed by atoms with Crippen molar-refractivity contribution in [3.8, 4) is 0 Å². The van der Waals surface area contributed by atoms with Gasteiger partial charge in [-0.05, 0) is 60.8 Å². The van der Waals surface area contributed by atoms with Crippen molar-refractivity contribution in [3.05, 3.63) is 29.3 Å². The molecule has 2 aliphatic carbocycles. The summed E-state index contributed by atoms with van der Waals surface area (Å²) >= 11 is 0. The van der Waals surface area contributed by atoms with Crippen LogP contribution in [0.15, 0.2) is 18.2 Å². The summed E-state index contributed by atoms with van der Waals surface area (Å²) in [6.07, 6.45) is 7.80. The van der Waals surface area contributed by atoms with E-state index in [0.717, 1.165) is 5.69 Å². The van der Waals surface area contributed by atoms with Gasteiger partial charge in [-0.15, -0.1) is 0 Å². The third-order valence-electron chi connectivity index (χ3n) is 4.89. The number of fused-ring (bicyclic) bond motifs is 1. The van der Waals surface area contributed by atoms with Crippen LogP contribution >= 0.6 is 0 Å². The van der Waals surface area contributed by atoms with Gasteiger partial charge in [0.2, 0.25) is 0 Å². The standard InChI is InChI=1S/C17H26N2/c1-17(2)9-3-4-14(11-17)19-16-8-5-12-10-13(18)6-7-15(12)16/h6-7,10,14,16,19H,3-5,8-9,11,18H2,1-2H3. The van der Waals surface area contributed by atoms with Gasteiger partial charge in [0, 0.05) is 17.8 Å². The fraction of sp³-hybridized carbons (Fsp3) is 0.647. The van der Waals surface area contributed by atoms with Crippen molar-refractivity contribution in [1.82, 2.24) is 5.32 Å². The third kappa shape index (κ3) is 2.79. The Bertz CT molecular complexity index is 464. The lowest BCUT2D eigenvalue weighted by Crippen LogP contribution is -2.38. The predicted octanol–water partition coefficient (Wildman–Crippen LogP) is 3.81. The number of hydrogen-bond donors (Lipinski definition) is 2. The van der Waals surface area contributed by atoms with Crippen LogP contribution in [0.4, 0.5) is 5.69 Å². The van der Waals surface area contributed by atoms with Crippen LogP contribution in [0.2, 0.25) is 0 Å². The van der Waals surface area contributed by atoms with E-state index in [4.69, 9.17) is 5.73 Å². The number of benzene rings is 1. The second-order valence-electron chi connectivity index (χ2n) is 7.17. The Hall–Kier alpha value is -1.02. The molecule has 0 spiro atoms. The molecule has 0 amide bonds. The molecule has 2 heteroatoms. The minimum Gasteiger partial charge on any atom is -0.399 e. The van der Waals surface area contributed by atoms with Gasteiger partial charge >= 0.3 is 0 Å². The summed E-state index contributed by atoms with van der Waals surface area (Å²) in [5.74, 6) is 0. The zero-order valence-electron chi connectivity index (χ0n) is 12.2. The summed E-state index contributed by atoms with van der Waals surface area (Å²) in [5.41, 5.74) is 10.2. The summed E-state index contributed by atoms with van der Waals surface area (Å²) in [4.78, 5) is 0. The molecule has 104 valence electrons. The van der Waals surface area contributed by atoms with E-state index in [0.29, 0.717) is 17.5 Å². The van der Waals surface area contributed by atoms with Crippen molar-refractivity contribution in [3.63, 3.8) is 0 Å². The lowest BCUT2D eigenvalue weighted by molar-refractivity contribution is 0.189. The minimum atomic E-state index is 0.512. The maximum absolute atomic E-state index is 5.88. The van der Waals surface area contributed by atoms with Gasteiger partial charge in [-0.25, -0.2) is 0 Å². The van der Waals surface area contributed by atoms with E-state index in [1.54, 1.807) is 0 Å². The molecule has 0 heterocycles. The third-order valence-corrected chi connectivity index (χ3v) is 4.89. The number of nitrogens with two attached hydrogens (primary N) is 1. The first-order valence-corrected chi connectivity index (χ1v) is 7.68. The number of aryl methyl sites for hydroxylation is 1. The fourth-order valence-electron chi connectivity index (χ4n) is 3.94. The van der Waals surface area contributed by atoms with Gasteiger partial charge in [-0.1, -0.05) is 26.3 Å². The van der Waals surface area contributed by atoms with Crippen LogP contribution in [-0.4, -0.2) is 6.04 Å². The Morgan fingerprint density at radius 1 is 1.26 bits per heavy atom. The molecule has 1 fully saturated rings. The molecule has 19 heavy (non-hydrogen) atoms. The zero-order chi connectivity index (χ0) is 13.5. The number of rotatable bonds is 2. The maximum Gasteiger partial charge on any atom is 0.0328 e. The average Bonchev–Trinajstić information content (AvgIpc) is 2.70. The van der Waals surface area contributed by atoms with Gasteiger partial charge in [0.1, 0.15) is 0 Å². The molecule has 2 atom stereocenters. The minimum absolute atomic E-state index is 0.512. The van der Waals surface area contributed by atoms with Crippen LogP contribution in [0.1, 0.15) is 63.1 Å². The second-order valence-corrected chi connectivity index (χ2v) is 7.17. The van der Waals surface area contributed by atoms with Gasteiger partial charge in [-0.2, -0.15) is 0 Å². The number of nitrogens with one attached hydrogen (secondary N) is 1. The number of anilines is 1. The summed E-state index contributed by atoms with van der Waals surface area (Å²) in [6, 6.07) is 7.67. The van der Waals surface area contributed by atoms with Crippen molar-refractivity contribution >= 4 is 5.69 Å². The highest BCUT2D eigenvalue weighted by Gasteiger charge is 2.31. The summed E-state index contributed by atoms with van der Waals surface area (Å²) < 4.78 is 0. The predicted molar refractivity (Wildman–Crippen MR) is 81.1 cm³/mol. The van der Waals surface area contributed by atoms with E-state index >= 15 is 0 Å². The van der Waals surface area contributed by atoms with E-state index in [1.807, 2.05) is 6.07 Å². The molecule has 1 saturated carbocycles. The monoisotopic (exact) mass is 258 g/mol. The zero-order valence-corrected chi connectivity index (χ0v) is 12.2. The van der Waals surface area contributed by atoms with E-state index in [9.17, 15) is 0 Å². The molecular formula is C17H26N2. The normalized spacial score (nSPS) is 29.2. The molecule has 3 N–H and O–H groups in total. The second kappa shape index (κ2) is 4.82. The van der Waals surface area contributed by atoms with Crippen LogP contribution in [0, 0.1) is 5.41 Å². The topological polar surface area (TPSA) is 38.0 Å². The number of nitrogen functional groups attached to an aromatic ring is 1. The highest BCUT2D eigenvalue weighted by Crippen LogP contribution is 2.38. The van der Waals surface area contributed by atoms with Gasteiger partial charge in [0.05, 0.1) is 0 Å². The van der Waals surface area contributed by atoms with Crippen LogP contribution < -0.4 is 11.1 Å². The average molecular weight is 258 g/mol. The van der Waals surface area contributed by atoms with Crippen LogP contribution in [0.5, 0.6) is 0 Å². The summed E-state index contributed by atoms with van der Waals surface area (Å²) in [5, 5.41) is 3.91. The Balaban J connectivity index is 1.69. The Kier molecular flexibility index (Phi) is 3.30. The molecule has 2 nitrogen and oxygen atoms in total. The molecule has 0 saturated heterocycles. The molecule has 0 bridgehead atoms. The molecule has 0 radical (unpaired) electrons. The maximum atomic E-state index is 5.88. The smallest absolute Gasteiger partial charge is 0.0328 e. The van der Waals surface area contributed by atoms with Gasteiger partial charge in [-0.3, -0.25) is 0 Å². The Morgan fingerprint density at radius 3 is 2.89 bits per heavy atom. The first kappa shape index (κ1) is 13.0. The first-order valence-electron chi connectivity index (χ1n) is 7.68. The van der Waals surface area contributed by atoms with Crippen molar-refractivity contribution in [2.24, 2.45) is 5.41 Å². The van der Waals surface area contributed by atoms with E-state index in [2.05, 4.69) is 31.3 Å². The molecule has 0 aliphatic heterocycles. The lowest BCUT2D eigenvalue weighted by Gasteiger charge is -2.37. The highest BCUT2D eigenvalue weighted by atomic mass is 15.0. The molecule has 1 aromatic rings. The van der Waals surface area contributed by atoms with E-state index in [1.165, 1.54) is 49.7 Å². The first-order chi connectivity index (χ1) is 9.03. The lowest BCUT2D eigenvalue weighted by atomic mass is 9.75. The molecule has 2 aliphatic rings.